The van der Waals surface area contributed by atoms with Crippen LogP contribution in [0.25, 0.3) is 0 Å². The maximum Gasteiger partial charge on any atom is 0.339 e. The van der Waals surface area contributed by atoms with Crippen LogP contribution in [0.15, 0.2) is 11.6 Å². The summed E-state index contributed by atoms with van der Waals surface area (Å²) >= 11 is 0. The van der Waals surface area contributed by atoms with Gasteiger partial charge in [0.15, 0.2) is 11.4 Å². The van der Waals surface area contributed by atoms with Crippen molar-refractivity contribution in [2.45, 2.75) is 69.7 Å². The Morgan fingerprint density at radius 2 is 1.96 bits per heavy atom. The SMILES string of the molecule is C[C@]12CCC(=O)C[C@H]1CC=C1C(=O)O[C@]34CCC[C@H]3CC(=O)[C@@]12O4. The monoisotopic (exact) mass is 330 g/mol. The van der Waals surface area contributed by atoms with Gasteiger partial charge in [0.1, 0.15) is 5.78 Å². The number of Topliss-reactive ketones (excluding diaryl/α,β-unsaturated/α-hetero) is 2. The highest BCUT2D eigenvalue weighted by Crippen LogP contribution is 2.64. The van der Waals surface area contributed by atoms with E-state index in [0.717, 1.165) is 12.8 Å². The van der Waals surface area contributed by atoms with Crippen molar-refractivity contribution in [3.63, 3.8) is 0 Å². The lowest BCUT2D eigenvalue weighted by Gasteiger charge is -2.62. The van der Waals surface area contributed by atoms with Crippen LogP contribution in [0.3, 0.4) is 0 Å². The summed E-state index contributed by atoms with van der Waals surface area (Å²) in [5.74, 6) is -0.981. The van der Waals surface area contributed by atoms with E-state index in [1.807, 2.05) is 6.08 Å². The Labute approximate surface area is 140 Å². The molecule has 4 fully saturated rings. The molecule has 0 amide bonds. The summed E-state index contributed by atoms with van der Waals surface area (Å²) in [6.07, 6.45) is 6.87. The molecule has 0 aromatic rings. The number of carbonyl (C=O) groups is 3. The van der Waals surface area contributed by atoms with Crippen LogP contribution in [-0.2, 0) is 23.9 Å². The molecule has 2 spiro atoms. The summed E-state index contributed by atoms with van der Waals surface area (Å²) in [4.78, 5) is 38.1. The highest BCUT2D eigenvalue weighted by Gasteiger charge is 2.73. The lowest BCUT2D eigenvalue weighted by molar-refractivity contribution is -0.333. The van der Waals surface area contributed by atoms with E-state index in [2.05, 4.69) is 6.92 Å². The number of ketones is 2. The average Bonchev–Trinajstić information content (AvgIpc) is 2.90. The van der Waals surface area contributed by atoms with E-state index in [9.17, 15) is 14.4 Å². The molecule has 5 nitrogen and oxygen atoms in total. The van der Waals surface area contributed by atoms with Gasteiger partial charge in [0.2, 0.25) is 5.79 Å². The van der Waals surface area contributed by atoms with Gasteiger partial charge in [-0.3, -0.25) is 9.59 Å². The Bertz CT molecular complexity index is 709. The molecule has 5 heteroatoms. The van der Waals surface area contributed by atoms with Gasteiger partial charge in [-0.25, -0.2) is 4.79 Å². The fourth-order valence-electron chi connectivity index (χ4n) is 6.05. The summed E-state index contributed by atoms with van der Waals surface area (Å²) in [6.45, 7) is 2.05. The molecule has 128 valence electrons. The summed E-state index contributed by atoms with van der Waals surface area (Å²) in [6, 6.07) is 0. The van der Waals surface area contributed by atoms with Crippen LogP contribution in [0, 0.1) is 17.3 Å². The van der Waals surface area contributed by atoms with Crippen molar-refractivity contribution in [3.8, 4) is 0 Å². The quantitative estimate of drug-likeness (QED) is 0.638. The molecule has 2 bridgehead atoms. The standard InChI is InChI=1S/C19H22O5/c1-17-8-6-13(20)9-11(17)4-5-14-16(22)23-18-7-2-3-12(18)10-15(21)19(14,17)24-18/h5,11-12H,2-4,6-10H2,1H3/t11-,12+,17+,18+,19+/m1/s1. The molecule has 0 aromatic heterocycles. The van der Waals surface area contributed by atoms with Gasteiger partial charge < -0.3 is 9.47 Å². The molecule has 5 rings (SSSR count). The lowest BCUT2D eigenvalue weighted by Crippen LogP contribution is -2.73. The Morgan fingerprint density at radius 1 is 1.12 bits per heavy atom. The van der Waals surface area contributed by atoms with E-state index in [1.54, 1.807) is 0 Å². The van der Waals surface area contributed by atoms with Crippen LogP contribution in [0.4, 0.5) is 0 Å². The van der Waals surface area contributed by atoms with Crippen LogP contribution >= 0.6 is 0 Å². The smallest absolute Gasteiger partial charge is 0.339 e. The number of fused-ring (bicyclic) bond motifs is 1. The molecule has 5 atom stereocenters. The van der Waals surface area contributed by atoms with Crippen LogP contribution in [0.2, 0.25) is 0 Å². The summed E-state index contributed by atoms with van der Waals surface area (Å²) in [5, 5.41) is 0. The minimum atomic E-state index is -1.20. The van der Waals surface area contributed by atoms with Crippen molar-refractivity contribution in [2.75, 3.05) is 0 Å². The van der Waals surface area contributed by atoms with Crippen LogP contribution in [0.5, 0.6) is 0 Å². The third-order valence-corrected chi connectivity index (χ3v) is 7.42. The highest BCUT2D eigenvalue weighted by molar-refractivity contribution is 6.06. The largest absolute Gasteiger partial charge is 0.429 e. The first kappa shape index (κ1) is 14.8. The summed E-state index contributed by atoms with van der Waals surface area (Å²) in [5.41, 5.74) is -1.30. The second-order valence-corrected chi connectivity index (χ2v) is 8.41. The number of hydrogen-bond acceptors (Lipinski definition) is 5. The number of allylic oxidation sites excluding steroid dienone is 1. The molecule has 0 radical (unpaired) electrons. The first-order valence-electron chi connectivity index (χ1n) is 9.10. The van der Waals surface area contributed by atoms with Gasteiger partial charge in [-0.1, -0.05) is 13.0 Å². The van der Waals surface area contributed by atoms with Gasteiger partial charge >= 0.3 is 5.97 Å². The second kappa shape index (κ2) is 4.37. The number of rotatable bonds is 0. The molecular formula is C19H22O5. The van der Waals surface area contributed by atoms with E-state index in [4.69, 9.17) is 9.47 Å². The third kappa shape index (κ3) is 1.48. The fourth-order valence-corrected chi connectivity index (χ4v) is 6.05. The van der Waals surface area contributed by atoms with Crippen LogP contribution < -0.4 is 0 Å². The Hall–Kier alpha value is -1.49. The minimum Gasteiger partial charge on any atom is -0.429 e. The number of carbonyl (C=O) groups excluding carboxylic acids is 3. The third-order valence-electron chi connectivity index (χ3n) is 7.42. The molecule has 2 saturated carbocycles. The Kier molecular flexibility index (Phi) is 2.70. The highest BCUT2D eigenvalue weighted by atomic mass is 16.7. The first-order chi connectivity index (χ1) is 11.4. The molecule has 5 aliphatic rings. The summed E-state index contributed by atoms with van der Waals surface area (Å²) < 4.78 is 12.3. The Morgan fingerprint density at radius 3 is 2.79 bits per heavy atom. The maximum atomic E-state index is 13.3. The maximum absolute atomic E-state index is 13.3. The van der Waals surface area contributed by atoms with E-state index in [-0.39, 0.29) is 29.4 Å². The molecule has 0 unspecified atom stereocenters. The molecule has 3 aliphatic carbocycles. The van der Waals surface area contributed by atoms with E-state index in [0.29, 0.717) is 44.1 Å². The molecular weight excluding hydrogens is 308 g/mol. The van der Waals surface area contributed by atoms with Gasteiger partial charge in [0, 0.05) is 37.0 Å². The molecule has 2 heterocycles. The van der Waals surface area contributed by atoms with Crippen molar-refractivity contribution >= 4 is 17.5 Å². The fraction of sp³-hybridized carbons (Fsp3) is 0.737. The number of ether oxygens (including phenoxy) is 2. The van der Waals surface area contributed by atoms with Crippen molar-refractivity contribution in [1.82, 2.24) is 0 Å². The van der Waals surface area contributed by atoms with Crippen molar-refractivity contribution in [2.24, 2.45) is 17.3 Å². The van der Waals surface area contributed by atoms with Crippen molar-refractivity contribution in [3.05, 3.63) is 11.6 Å². The number of esters is 1. The normalized spacial score (nSPS) is 49.7. The van der Waals surface area contributed by atoms with Gasteiger partial charge in [-0.2, -0.15) is 0 Å². The summed E-state index contributed by atoms with van der Waals surface area (Å²) in [7, 11) is 0. The van der Waals surface area contributed by atoms with E-state index < -0.39 is 16.8 Å². The molecule has 2 saturated heterocycles. The van der Waals surface area contributed by atoms with Gasteiger partial charge in [-0.05, 0) is 31.6 Å². The van der Waals surface area contributed by atoms with Gasteiger partial charge in [-0.15, -0.1) is 0 Å². The minimum absolute atomic E-state index is 0.0182. The topological polar surface area (TPSA) is 69.7 Å². The molecule has 0 aromatic carbocycles. The Balaban J connectivity index is 1.71. The molecule has 2 aliphatic heterocycles. The molecule has 0 N–H and O–H groups in total. The van der Waals surface area contributed by atoms with Crippen molar-refractivity contribution < 1.29 is 23.9 Å². The second-order valence-electron chi connectivity index (χ2n) is 8.41. The predicted molar refractivity (Wildman–Crippen MR) is 82.8 cm³/mol. The van der Waals surface area contributed by atoms with Gasteiger partial charge in [0.05, 0.1) is 5.57 Å². The zero-order chi connectivity index (χ0) is 16.7. The van der Waals surface area contributed by atoms with Crippen LogP contribution in [-0.4, -0.2) is 28.9 Å². The van der Waals surface area contributed by atoms with E-state index in [1.165, 1.54) is 0 Å². The first-order valence-corrected chi connectivity index (χ1v) is 9.10. The van der Waals surface area contributed by atoms with E-state index >= 15 is 0 Å². The van der Waals surface area contributed by atoms with Gasteiger partial charge in [0.25, 0.3) is 0 Å². The zero-order valence-electron chi connectivity index (χ0n) is 13.9. The average molecular weight is 330 g/mol. The predicted octanol–water partition coefficient (Wildman–Crippen LogP) is 2.47. The molecule has 24 heavy (non-hydrogen) atoms. The number of hydrogen-bond donors (Lipinski definition) is 0. The van der Waals surface area contributed by atoms with Crippen LogP contribution in [0.1, 0.15) is 58.3 Å². The lowest BCUT2D eigenvalue weighted by atomic mass is 9.50. The van der Waals surface area contributed by atoms with Crippen molar-refractivity contribution in [1.29, 1.82) is 0 Å². The zero-order valence-corrected chi connectivity index (χ0v) is 13.9.